The van der Waals surface area contributed by atoms with Crippen molar-refractivity contribution in [1.29, 1.82) is 0 Å². The first-order valence-corrected chi connectivity index (χ1v) is 9.03. The molecule has 2 heterocycles. The van der Waals surface area contributed by atoms with E-state index in [4.69, 9.17) is 0 Å². The summed E-state index contributed by atoms with van der Waals surface area (Å²) < 4.78 is 25.2. The van der Waals surface area contributed by atoms with Gasteiger partial charge in [-0.1, -0.05) is 0 Å². The van der Waals surface area contributed by atoms with Gasteiger partial charge in [0, 0.05) is 13.1 Å². The summed E-state index contributed by atoms with van der Waals surface area (Å²) in [6.45, 7) is 9.92. The summed E-state index contributed by atoms with van der Waals surface area (Å²) in [5, 5.41) is 4.22. The van der Waals surface area contributed by atoms with Gasteiger partial charge in [0.05, 0.1) is 16.0 Å². The Labute approximate surface area is 131 Å². The van der Waals surface area contributed by atoms with Crippen LogP contribution < -0.4 is 0 Å². The average molecular weight is 328 g/mol. The van der Waals surface area contributed by atoms with Crippen LogP contribution in [0.1, 0.15) is 51.7 Å². The van der Waals surface area contributed by atoms with Gasteiger partial charge in [-0.2, -0.15) is 0 Å². The summed E-state index contributed by atoms with van der Waals surface area (Å²) in [6, 6.07) is 0. The van der Waals surface area contributed by atoms with Gasteiger partial charge in [-0.3, -0.25) is 4.79 Å². The first-order chi connectivity index (χ1) is 9.94. The van der Waals surface area contributed by atoms with Gasteiger partial charge >= 0.3 is 0 Å². The number of hydrogen-bond acceptors (Lipinski definition) is 5. The molecule has 0 atom stereocenters. The third-order valence-corrected chi connectivity index (χ3v) is 6.72. The Kier molecular flexibility index (Phi) is 4.10. The molecule has 1 aromatic rings. The Morgan fingerprint density at radius 3 is 2.45 bits per heavy atom. The zero-order valence-electron chi connectivity index (χ0n) is 13.8. The van der Waals surface area contributed by atoms with Crippen molar-refractivity contribution in [3.05, 3.63) is 12.2 Å². The fraction of sp³-hybridized carbons (Fsp3) is 0.786. The minimum Gasteiger partial charge on any atom is -0.335 e. The van der Waals surface area contributed by atoms with E-state index in [0.29, 0.717) is 13.0 Å². The zero-order chi connectivity index (χ0) is 16.8. The maximum atomic E-state index is 12.5. The van der Waals surface area contributed by atoms with Crippen LogP contribution in [0.25, 0.3) is 0 Å². The molecule has 1 aromatic heterocycles. The largest absolute Gasteiger partial charge is 0.335 e. The third-order valence-electron chi connectivity index (χ3n) is 4.11. The molecule has 124 valence electrons. The SMILES string of the molecule is CC(C)(C)n1cnc(C(=O)N2CCC(C)(C)S(=O)(=O)CC2)n1. The second kappa shape index (κ2) is 5.33. The molecule has 0 saturated carbocycles. The molecule has 0 N–H and O–H groups in total. The predicted molar refractivity (Wildman–Crippen MR) is 83.4 cm³/mol. The summed E-state index contributed by atoms with van der Waals surface area (Å²) in [6.07, 6.45) is 1.95. The van der Waals surface area contributed by atoms with Crippen LogP contribution in [0.2, 0.25) is 0 Å². The number of amides is 1. The summed E-state index contributed by atoms with van der Waals surface area (Å²) in [5.41, 5.74) is -0.254. The zero-order valence-corrected chi connectivity index (χ0v) is 14.6. The predicted octanol–water partition coefficient (Wildman–Crippen LogP) is 1.07. The Hall–Kier alpha value is -1.44. The van der Waals surface area contributed by atoms with E-state index in [9.17, 15) is 13.2 Å². The molecular weight excluding hydrogens is 304 g/mol. The van der Waals surface area contributed by atoms with Crippen molar-refractivity contribution in [2.45, 2.75) is 51.3 Å². The molecule has 2 rings (SSSR count). The minimum absolute atomic E-state index is 0.0221. The third kappa shape index (κ3) is 3.16. The smallest absolute Gasteiger partial charge is 0.293 e. The van der Waals surface area contributed by atoms with E-state index in [2.05, 4.69) is 10.1 Å². The first kappa shape index (κ1) is 16.9. The lowest BCUT2D eigenvalue weighted by molar-refractivity contribution is 0.0751. The van der Waals surface area contributed by atoms with Crippen molar-refractivity contribution >= 4 is 15.7 Å². The lowest BCUT2D eigenvalue weighted by Crippen LogP contribution is -2.34. The van der Waals surface area contributed by atoms with Crippen molar-refractivity contribution in [3.8, 4) is 0 Å². The molecule has 0 aromatic carbocycles. The molecule has 0 spiro atoms. The number of rotatable bonds is 1. The highest BCUT2D eigenvalue weighted by atomic mass is 32.2. The van der Waals surface area contributed by atoms with Crippen LogP contribution in [0.4, 0.5) is 0 Å². The van der Waals surface area contributed by atoms with Crippen LogP contribution >= 0.6 is 0 Å². The Bertz CT molecular complexity index is 671. The Morgan fingerprint density at radius 1 is 1.27 bits per heavy atom. The number of aromatic nitrogens is 3. The van der Waals surface area contributed by atoms with Crippen LogP contribution in [-0.2, 0) is 15.4 Å². The molecule has 1 amide bonds. The highest BCUT2D eigenvalue weighted by molar-refractivity contribution is 7.92. The van der Waals surface area contributed by atoms with Gasteiger partial charge in [0.15, 0.2) is 9.84 Å². The van der Waals surface area contributed by atoms with Gasteiger partial charge in [0.25, 0.3) is 5.91 Å². The lowest BCUT2D eigenvalue weighted by atomic mass is 10.1. The molecule has 0 bridgehead atoms. The van der Waals surface area contributed by atoms with Crippen LogP contribution in [0.15, 0.2) is 6.33 Å². The molecule has 0 radical (unpaired) electrons. The monoisotopic (exact) mass is 328 g/mol. The van der Waals surface area contributed by atoms with Gasteiger partial charge < -0.3 is 4.90 Å². The van der Waals surface area contributed by atoms with E-state index in [-0.39, 0.29) is 29.6 Å². The molecule has 1 fully saturated rings. The van der Waals surface area contributed by atoms with E-state index in [1.165, 1.54) is 11.2 Å². The topological polar surface area (TPSA) is 85.2 Å². The molecule has 8 heteroatoms. The lowest BCUT2D eigenvalue weighted by Gasteiger charge is -2.22. The fourth-order valence-corrected chi connectivity index (χ4v) is 3.62. The molecule has 0 aliphatic carbocycles. The molecule has 1 saturated heterocycles. The van der Waals surface area contributed by atoms with E-state index in [1.807, 2.05) is 20.8 Å². The number of carbonyl (C=O) groups excluding carboxylic acids is 1. The van der Waals surface area contributed by atoms with Crippen molar-refractivity contribution in [2.75, 3.05) is 18.8 Å². The molecule has 7 nitrogen and oxygen atoms in total. The maximum absolute atomic E-state index is 12.5. The van der Waals surface area contributed by atoms with Gasteiger partial charge in [-0.15, -0.1) is 5.10 Å². The number of nitrogens with zero attached hydrogens (tertiary/aromatic N) is 4. The normalized spacial score (nSPS) is 21.4. The van der Waals surface area contributed by atoms with Gasteiger partial charge in [0.1, 0.15) is 6.33 Å². The van der Waals surface area contributed by atoms with Crippen LogP contribution in [0, 0.1) is 0 Å². The number of sulfone groups is 1. The molecular formula is C14H24N4O3S. The van der Waals surface area contributed by atoms with Crippen LogP contribution in [0.5, 0.6) is 0 Å². The van der Waals surface area contributed by atoms with E-state index >= 15 is 0 Å². The Balaban J connectivity index is 2.19. The summed E-state index contributed by atoms with van der Waals surface area (Å²) in [4.78, 5) is 18.1. The van der Waals surface area contributed by atoms with E-state index < -0.39 is 14.6 Å². The van der Waals surface area contributed by atoms with Crippen molar-refractivity contribution in [3.63, 3.8) is 0 Å². The van der Waals surface area contributed by atoms with Crippen molar-refractivity contribution < 1.29 is 13.2 Å². The summed E-state index contributed by atoms with van der Waals surface area (Å²) >= 11 is 0. The van der Waals surface area contributed by atoms with Gasteiger partial charge in [0.2, 0.25) is 5.82 Å². The minimum atomic E-state index is -3.20. The summed E-state index contributed by atoms with van der Waals surface area (Å²) in [5.74, 6) is -0.214. The second-order valence-corrected chi connectivity index (χ2v) is 10.0. The average Bonchev–Trinajstić information content (AvgIpc) is 2.83. The number of carbonyl (C=O) groups is 1. The molecule has 1 aliphatic rings. The quantitative estimate of drug-likeness (QED) is 0.770. The van der Waals surface area contributed by atoms with Crippen molar-refractivity contribution in [1.82, 2.24) is 19.7 Å². The standard InChI is InChI=1S/C14H24N4O3S/c1-13(2,3)18-10-15-11(16-18)12(19)17-7-6-14(4,5)22(20,21)9-8-17/h10H,6-9H2,1-5H3. The second-order valence-electron chi connectivity index (χ2n) is 7.30. The van der Waals surface area contributed by atoms with Gasteiger partial charge in [-0.05, 0) is 41.0 Å². The number of hydrogen-bond donors (Lipinski definition) is 0. The van der Waals surface area contributed by atoms with E-state index in [0.717, 1.165) is 0 Å². The maximum Gasteiger partial charge on any atom is 0.293 e. The highest BCUT2D eigenvalue weighted by Crippen LogP contribution is 2.25. The van der Waals surface area contributed by atoms with Gasteiger partial charge in [-0.25, -0.2) is 18.1 Å². The fourth-order valence-electron chi connectivity index (χ4n) is 2.21. The highest BCUT2D eigenvalue weighted by Gasteiger charge is 2.38. The Morgan fingerprint density at radius 2 is 1.91 bits per heavy atom. The van der Waals surface area contributed by atoms with Crippen molar-refractivity contribution in [2.24, 2.45) is 0 Å². The summed E-state index contributed by atoms with van der Waals surface area (Å²) in [7, 11) is -3.20. The molecule has 1 aliphatic heterocycles. The van der Waals surface area contributed by atoms with E-state index in [1.54, 1.807) is 18.5 Å². The first-order valence-electron chi connectivity index (χ1n) is 7.38. The molecule has 22 heavy (non-hydrogen) atoms. The molecule has 0 unspecified atom stereocenters. The van der Waals surface area contributed by atoms with Crippen LogP contribution in [-0.4, -0.2) is 57.6 Å². The van der Waals surface area contributed by atoms with Crippen LogP contribution in [0.3, 0.4) is 0 Å².